The van der Waals surface area contributed by atoms with Crippen LogP contribution >= 0.6 is 23.2 Å². The molecule has 0 unspecified atom stereocenters. The third-order valence-electron chi connectivity index (χ3n) is 4.34. The highest BCUT2D eigenvalue weighted by Gasteiger charge is 2.76. The molecule has 1 N–H and O–H groups in total. The third kappa shape index (κ3) is 2.69. The summed E-state index contributed by atoms with van der Waals surface area (Å²) >= 11 is 12.4. The van der Waals surface area contributed by atoms with Gasteiger partial charge in [0.15, 0.2) is 0 Å². The number of benzene rings is 1. The van der Waals surface area contributed by atoms with Crippen molar-refractivity contribution in [2.24, 2.45) is 11.3 Å². The zero-order valence-corrected chi connectivity index (χ0v) is 13.5. The molecule has 21 heavy (non-hydrogen) atoms. The van der Waals surface area contributed by atoms with Gasteiger partial charge in [-0.25, -0.2) is 4.39 Å². The Bertz CT molecular complexity index is 573. The second-order valence-corrected chi connectivity index (χ2v) is 6.69. The van der Waals surface area contributed by atoms with Crippen LogP contribution in [0.5, 0.6) is 0 Å². The van der Waals surface area contributed by atoms with Crippen LogP contribution in [0.1, 0.15) is 25.8 Å². The summed E-state index contributed by atoms with van der Waals surface area (Å²) in [7, 11) is 0. The van der Waals surface area contributed by atoms with Crippen LogP contribution in [0.2, 0.25) is 0 Å². The molecule has 1 aliphatic carbocycles. The summed E-state index contributed by atoms with van der Waals surface area (Å²) in [6, 6.07) is 6.46. The van der Waals surface area contributed by atoms with Crippen LogP contribution in [0.3, 0.4) is 0 Å². The van der Waals surface area contributed by atoms with Crippen molar-refractivity contribution in [2.75, 3.05) is 6.54 Å². The van der Waals surface area contributed by atoms with Crippen LogP contribution in [0.4, 0.5) is 4.39 Å². The molecule has 0 radical (unpaired) electrons. The largest absolute Gasteiger partial charge is 0.352 e. The zero-order valence-electron chi connectivity index (χ0n) is 12.0. The SMILES string of the molecule is CC[C@@]1(C(=O)NCC=Cc2ccccc2F)[C@@H](C)C1(Cl)Cl. The van der Waals surface area contributed by atoms with Crippen LogP contribution in [-0.4, -0.2) is 16.8 Å². The molecular formula is C16H18Cl2FNO. The van der Waals surface area contributed by atoms with E-state index in [-0.39, 0.29) is 17.6 Å². The minimum Gasteiger partial charge on any atom is -0.352 e. The number of rotatable bonds is 5. The molecule has 1 aromatic carbocycles. The molecule has 1 aliphatic rings. The molecule has 0 spiro atoms. The molecule has 1 aromatic rings. The summed E-state index contributed by atoms with van der Waals surface area (Å²) in [5.41, 5.74) is -0.233. The van der Waals surface area contributed by atoms with Crippen molar-refractivity contribution in [1.82, 2.24) is 5.32 Å². The third-order valence-corrected chi connectivity index (χ3v) is 5.67. The van der Waals surface area contributed by atoms with Crippen LogP contribution in [0, 0.1) is 17.2 Å². The van der Waals surface area contributed by atoms with Crippen LogP contribution in [0.15, 0.2) is 30.3 Å². The van der Waals surface area contributed by atoms with Crippen LogP contribution in [0.25, 0.3) is 6.08 Å². The highest BCUT2D eigenvalue weighted by Crippen LogP contribution is 2.70. The average Bonchev–Trinajstić information content (AvgIpc) is 2.90. The molecule has 0 bridgehead atoms. The number of carbonyl (C=O) groups is 1. The summed E-state index contributed by atoms with van der Waals surface area (Å²) in [6.07, 6.45) is 3.93. The number of halogens is 3. The van der Waals surface area contributed by atoms with Crippen molar-refractivity contribution in [3.8, 4) is 0 Å². The number of carbonyl (C=O) groups excluding carboxylic acids is 1. The van der Waals surface area contributed by atoms with E-state index in [0.717, 1.165) is 0 Å². The Labute approximate surface area is 134 Å². The van der Waals surface area contributed by atoms with Crippen molar-refractivity contribution in [3.63, 3.8) is 0 Å². The number of nitrogens with one attached hydrogen (secondary N) is 1. The standard InChI is InChI=1S/C16H18Cl2FNO/c1-3-15(11(2)16(15,17)18)14(21)20-10-6-8-12-7-4-5-9-13(12)19/h4-9,11H,3,10H2,1-2H3,(H,20,21)/t11-,15+/m1/s1. The molecule has 0 heterocycles. The first-order chi connectivity index (χ1) is 9.88. The molecule has 2 atom stereocenters. The van der Waals surface area contributed by atoms with Crippen molar-refractivity contribution >= 4 is 35.2 Å². The Morgan fingerprint density at radius 2 is 2.05 bits per heavy atom. The fourth-order valence-corrected chi connectivity index (χ4v) is 3.83. The van der Waals surface area contributed by atoms with Gasteiger partial charge in [-0.1, -0.05) is 44.2 Å². The molecular weight excluding hydrogens is 312 g/mol. The van der Waals surface area contributed by atoms with Gasteiger partial charge >= 0.3 is 0 Å². The molecule has 114 valence electrons. The maximum absolute atomic E-state index is 13.4. The van der Waals surface area contributed by atoms with Crippen molar-refractivity contribution < 1.29 is 9.18 Å². The molecule has 1 saturated carbocycles. The summed E-state index contributed by atoms with van der Waals surface area (Å²) in [6.45, 7) is 4.08. The smallest absolute Gasteiger partial charge is 0.229 e. The van der Waals surface area contributed by atoms with E-state index in [1.807, 2.05) is 13.8 Å². The van der Waals surface area contributed by atoms with E-state index in [9.17, 15) is 9.18 Å². The maximum Gasteiger partial charge on any atom is 0.229 e. The summed E-state index contributed by atoms with van der Waals surface area (Å²) < 4.78 is 12.4. The topological polar surface area (TPSA) is 29.1 Å². The highest BCUT2D eigenvalue weighted by atomic mass is 35.5. The van der Waals surface area contributed by atoms with Gasteiger partial charge in [0.2, 0.25) is 5.91 Å². The maximum atomic E-state index is 13.4. The summed E-state index contributed by atoms with van der Waals surface area (Å²) in [5, 5.41) is 2.80. The Hall–Kier alpha value is -1.06. The minimum atomic E-state index is -0.999. The van der Waals surface area contributed by atoms with Crippen molar-refractivity contribution in [3.05, 3.63) is 41.7 Å². The van der Waals surface area contributed by atoms with E-state index >= 15 is 0 Å². The fraction of sp³-hybridized carbons (Fsp3) is 0.438. The Balaban J connectivity index is 1.93. The normalized spacial score (nSPS) is 26.8. The molecule has 0 aliphatic heterocycles. The first-order valence-corrected chi connectivity index (χ1v) is 7.70. The lowest BCUT2D eigenvalue weighted by molar-refractivity contribution is -0.126. The molecule has 1 amide bonds. The summed E-state index contributed by atoms with van der Waals surface area (Å²) in [4.78, 5) is 12.3. The van der Waals surface area contributed by atoms with Crippen LogP contribution in [-0.2, 0) is 4.79 Å². The Kier molecular flexibility index (Phi) is 4.64. The second-order valence-electron chi connectivity index (χ2n) is 5.30. The number of hydrogen-bond acceptors (Lipinski definition) is 1. The Morgan fingerprint density at radius 1 is 1.43 bits per heavy atom. The monoisotopic (exact) mass is 329 g/mol. The van der Waals surface area contributed by atoms with Gasteiger partial charge in [-0.15, -0.1) is 23.2 Å². The Morgan fingerprint density at radius 3 is 2.57 bits per heavy atom. The number of alkyl halides is 2. The predicted octanol–water partition coefficient (Wildman–Crippen LogP) is 4.18. The van der Waals surface area contributed by atoms with E-state index in [2.05, 4.69) is 5.32 Å². The molecule has 2 rings (SSSR count). The van der Waals surface area contributed by atoms with Gasteiger partial charge in [0.1, 0.15) is 10.2 Å². The predicted molar refractivity (Wildman–Crippen MR) is 84.8 cm³/mol. The first-order valence-electron chi connectivity index (χ1n) is 6.95. The van der Waals surface area contributed by atoms with Gasteiger partial charge in [-0.2, -0.15) is 0 Å². The van der Waals surface area contributed by atoms with Gasteiger partial charge in [-0.3, -0.25) is 4.79 Å². The van der Waals surface area contributed by atoms with Crippen LogP contribution < -0.4 is 5.32 Å². The number of amides is 1. The van der Waals surface area contributed by atoms with E-state index in [4.69, 9.17) is 23.2 Å². The van der Waals surface area contributed by atoms with Gasteiger partial charge < -0.3 is 5.32 Å². The summed E-state index contributed by atoms with van der Waals surface area (Å²) in [5.74, 6) is -0.518. The van der Waals surface area contributed by atoms with Crippen molar-refractivity contribution in [2.45, 2.75) is 24.6 Å². The number of hydrogen-bond donors (Lipinski definition) is 1. The second kappa shape index (κ2) is 5.98. The van der Waals surface area contributed by atoms with Gasteiger partial charge in [0.25, 0.3) is 0 Å². The molecule has 0 aromatic heterocycles. The lowest BCUT2D eigenvalue weighted by Gasteiger charge is -2.15. The fourth-order valence-electron chi connectivity index (χ4n) is 2.80. The van der Waals surface area contributed by atoms with Gasteiger partial charge in [0, 0.05) is 18.0 Å². The van der Waals surface area contributed by atoms with Crippen molar-refractivity contribution in [1.29, 1.82) is 0 Å². The molecule has 2 nitrogen and oxygen atoms in total. The lowest BCUT2D eigenvalue weighted by Crippen LogP contribution is -2.35. The van der Waals surface area contributed by atoms with E-state index in [1.54, 1.807) is 30.4 Å². The minimum absolute atomic E-state index is 0.0751. The zero-order chi connectivity index (χ0) is 15.7. The highest BCUT2D eigenvalue weighted by molar-refractivity contribution is 6.53. The quantitative estimate of drug-likeness (QED) is 0.807. The molecule has 0 saturated heterocycles. The van der Waals surface area contributed by atoms with E-state index in [1.165, 1.54) is 6.07 Å². The average molecular weight is 330 g/mol. The van der Waals surface area contributed by atoms with Gasteiger partial charge in [0.05, 0.1) is 5.41 Å². The molecule has 1 fully saturated rings. The first kappa shape index (κ1) is 16.3. The van der Waals surface area contributed by atoms with E-state index in [0.29, 0.717) is 18.5 Å². The molecule has 5 heteroatoms. The lowest BCUT2D eigenvalue weighted by atomic mass is 9.99. The van der Waals surface area contributed by atoms with E-state index < -0.39 is 9.75 Å². The van der Waals surface area contributed by atoms with Gasteiger partial charge in [-0.05, 0) is 12.5 Å².